The average molecular weight is 260 g/mol. The van der Waals surface area contributed by atoms with Crippen molar-refractivity contribution in [3.63, 3.8) is 0 Å². The molecule has 1 heterocycles. The molecule has 3 heteroatoms. The Labute approximate surface area is 116 Å². The van der Waals surface area contributed by atoms with Gasteiger partial charge in [-0.15, -0.1) is 0 Å². The van der Waals surface area contributed by atoms with Crippen molar-refractivity contribution in [1.29, 1.82) is 0 Å². The molecule has 1 amide bonds. The third-order valence-corrected chi connectivity index (χ3v) is 3.83. The van der Waals surface area contributed by atoms with Gasteiger partial charge in [-0.1, -0.05) is 30.3 Å². The molecule has 0 saturated carbocycles. The first-order chi connectivity index (χ1) is 9.15. The molecule has 0 aromatic heterocycles. The van der Waals surface area contributed by atoms with Gasteiger partial charge in [0.25, 0.3) is 0 Å². The van der Waals surface area contributed by atoms with Gasteiger partial charge in [0.1, 0.15) is 0 Å². The number of carbonyl (C=O) groups is 1. The zero-order valence-corrected chi connectivity index (χ0v) is 11.9. The van der Waals surface area contributed by atoms with E-state index >= 15 is 0 Å². The monoisotopic (exact) mass is 260 g/mol. The topological polar surface area (TPSA) is 32.3 Å². The van der Waals surface area contributed by atoms with E-state index in [2.05, 4.69) is 24.1 Å². The first-order valence-corrected chi connectivity index (χ1v) is 7.22. The van der Waals surface area contributed by atoms with Gasteiger partial charge in [-0.05, 0) is 32.3 Å². The molecule has 0 unspecified atom stereocenters. The van der Waals surface area contributed by atoms with Crippen LogP contribution < -0.4 is 5.32 Å². The van der Waals surface area contributed by atoms with Gasteiger partial charge < -0.3 is 10.2 Å². The molecular weight excluding hydrogens is 236 g/mol. The van der Waals surface area contributed by atoms with E-state index in [1.807, 2.05) is 30.3 Å². The molecule has 1 aliphatic heterocycles. The van der Waals surface area contributed by atoms with Crippen LogP contribution in [0.4, 0.5) is 0 Å². The van der Waals surface area contributed by atoms with E-state index in [1.54, 1.807) is 0 Å². The number of carbonyl (C=O) groups excluding carboxylic acids is 1. The molecule has 2 rings (SSSR count). The average Bonchev–Trinajstić information content (AvgIpc) is 2.40. The zero-order valence-electron chi connectivity index (χ0n) is 11.9. The number of piperidine rings is 1. The van der Waals surface area contributed by atoms with Crippen LogP contribution in [0.5, 0.6) is 0 Å². The van der Waals surface area contributed by atoms with Crippen LogP contribution in [0.25, 0.3) is 0 Å². The predicted octanol–water partition coefficient (Wildman–Crippen LogP) is 2.22. The van der Waals surface area contributed by atoms with Crippen LogP contribution in [0, 0.1) is 0 Å². The molecule has 1 aromatic carbocycles. The zero-order chi connectivity index (χ0) is 13.7. The van der Waals surface area contributed by atoms with E-state index in [1.165, 1.54) is 0 Å². The third-order valence-electron chi connectivity index (χ3n) is 3.83. The van der Waals surface area contributed by atoms with Crippen molar-refractivity contribution in [2.75, 3.05) is 13.1 Å². The van der Waals surface area contributed by atoms with Crippen molar-refractivity contribution in [2.45, 2.75) is 45.2 Å². The van der Waals surface area contributed by atoms with Crippen molar-refractivity contribution >= 4 is 5.91 Å². The highest BCUT2D eigenvalue weighted by molar-refractivity contribution is 5.78. The minimum Gasteiger partial charge on any atom is -0.353 e. The van der Waals surface area contributed by atoms with E-state index < -0.39 is 0 Å². The summed E-state index contributed by atoms with van der Waals surface area (Å²) < 4.78 is 0. The van der Waals surface area contributed by atoms with E-state index in [0.29, 0.717) is 18.5 Å². The summed E-state index contributed by atoms with van der Waals surface area (Å²) in [6.07, 6.45) is 2.63. The molecular formula is C16H24N2O. The molecule has 0 atom stereocenters. The number of benzene rings is 1. The standard InChI is InChI=1S/C16H24N2O/c1-13(2)18-10-8-15(9-11-18)17-16(19)12-14-6-4-3-5-7-14/h3-7,13,15H,8-12H2,1-2H3,(H,17,19). The summed E-state index contributed by atoms with van der Waals surface area (Å²) in [4.78, 5) is 14.4. The van der Waals surface area contributed by atoms with Crippen molar-refractivity contribution < 1.29 is 4.79 Å². The number of hydrogen-bond donors (Lipinski definition) is 1. The smallest absolute Gasteiger partial charge is 0.224 e. The molecule has 1 N–H and O–H groups in total. The quantitative estimate of drug-likeness (QED) is 0.900. The predicted molar refractivity (Wildman–Crippen MR) is 78.0 cm³/mol. The minimum atomic E-state index is 0.147. The summed E-state index contributed by atoms with van der Waals surface area (Å²) in [6, 6.07) is 10.9. The van der Waals surface area contributed by atoms with Crippen LogP contribution in [-0.4, -0.2) is 36.0 Å². The lowest BCUT2D eigenvalue weighted by Gasteiger charge is -2.34. The van der Waals surface area contributed by atoms with E-state index in [9.17, 15) is 4.79 Å². The molecule has 3 nitrogen and oxygen atoms in total. The highest BCUT2D eigenvalue weighted by Crippen LogP contribution is 2.13. The number of hydrogen-bond acceptors (Lipinski definition) is 2. The van der Waals surface area contributed by atoms with Crippen molar-refractivity contribution in [1.82, 2.24) is 10.2 Å². The largest absolute Gasteiger partial charge is 0.353 e. The van der Waals surface area contributed by atoms with Gasteiger partial charge in [0.05, 0.1) is 6.42 Å². The fourth-order valence-corrected chi connectivity index (χ4v) is 2.62. The lowest BCUT2D eigenvalue weighted by atomic mass is 10.0. The fourth-order valence-electron chi connectivity index (χ4n) is 2.62. The van der Waals surface area contributed by atoms with Gasteiger partial charge in [-0.25, -0.2) is 0 Å². The summed E-state index contributed by atoms with van der Waals surface area (Å²) in [6.45, 7) is 6.64. The van der Waals surface area contributed by atoms with Gasteiger partial charge in [-0.3, -0.25) is 4.79 Å². The Balaban J connectivity index is 1.75. The summed E-state index contributed by atoms with van der Waals surface area (Å²) in [5.74, 6) is 0.147. The summed E-state index contributed by atoms with van der Waals surface area (Å²) >= 11 is 0. The van der Waals surface area contributed by atoms with Crippen molar-refractivity contribution in [2.24, 2.45) is 0 Å². The van der Waals surface area contributed by atoms with Crippen molar-refractivity contribution in [3.05, 3.63) is 35.9 Å². The second-order valence-corrected chi connectivity index (χ2v) is 5.63. The number of nitrogens with zero attached hydrogens (tertiary/aromatic N) is 1. The maximum absolute atomic E-state index is 12.0. The normalized spacial score (nSPS) is 17.6. The Morgan fingerprint density at radius 3 is 2.47 bits per heavy atom. The molecule has 0 spiro atoms. The van der Waals surface area contributed by atoms with Gasteiger partial charge in [0.15, 0.2) is 0 Å². The Kier molecular flexibility index (Phi) is 4.97. The second kappa shape index (κ2) is 6.71. The maximum atomic E-state index is 12.0. The van der Waals surface area contributed by atoms with Crippen LogP contribution in [0.3, 0.4) is 0 Å². The van der Waals surface area contributed by atoms with E-state index in [0.717, 1.165) is 31.5 Å². The highest BCUT2D eigenvalue weighted by atomic mass is 16.1. The highest BCUT2D eigenvalue weighted by Gasteiger charge is 2.21. The van der Waals surface area contributed by atoms with Crippen LogP contribution in [0.2, 0.25) is 0 Å². The molecule has 1 saturated heterocycles. The molecule has 0 radical (unpaired) electrons. The molecule has 19 heavy (non-hydrogen) atoms. The second-order valence-electron chi connectivity index (χ2n) is 5.63. The fraction of sp³-hybridized carbons (Fsp3) is 0.562. The first kappa shape index (κ1) is 14.1. The Morgan fingerprint density at radius 2 is 1.89 bits per heavy atom. The summed E-state index contributed by atoms with van der Waals surface area (Å²) in [5.41, 5.74) is 1.08. The Morgan fingerprint density at radius 1 is 1.26 bits per heavy atom. The lowest BCUT2D eigenvalue weighted by molar-refractivity contribution is -0.121. The number of rotatable bonds is 4. The molecule has 1 fully saturated rings. The van der Waals surface area contributed by atoms with Crippen LogP contribution in [0.15, 0.2) is 30.3 Å². The van der Waals surface area contributed by atoms with E-state index in [4.69, 9.17) is 0 Å². The van der Waals surface area contributed by atoms with Gasteiger partial charge in [0, 0.05) is 25.2 Å². The first-order valence-electron chi connectivity index (χ1n) is 7.22. The van der Waals surface area contributed by atoms with Crippen LogP contribution in [0.1, 0.15) is 32.3 Å². The van der Waals surface area contributed by atoms with Gasteiger partial charge >= 0.3 is 0 Å². The van der Waals surface area contributed by atoms with Gasteiger partial charge in [-0.2, -0.15) is 0 Å². The molecule has 0 aliphatic carbocycles. The third kappa shape index (κ3) is 4.35. The summed E-state index contributed by atoms with van der Waals surface area (Å²) in [5, 5.41) is 3.16. The number of likely N-dealkylation sites (tertiary alicyclic amines) is 1. The SMILES string of the molecule is CC(C)N1CCC(NC(=O)Cc2ccccc2)CC1. The Bertz CT molecular complexity index is 394. The molecule has 1 aromatic rings. The van der Waals surface area contributed by atoms with Crippen LogP contribution in [-0.2, 0) is 11.2 Å². The van der Waals surface area contributed by atoms with Crippen molar-refractivity contribution in [3.8, 4) is 0 Å². The summed E-state index contributed by atoms with van der Waals surface area (Å²) in [7, 11) is 0. The molecule has 104 valence electrons. The Hall–Kier alpha value is -1.35. The van der Waals surface area contributed by atoms with E-state index in [-0.39, 0.29) is 5.91 Å². The number of nitrogens with one attached hydrogen (secondary N) is 1. The minimum absolute atomic E-state index is 0.147. The van der Waals surface area contributed by atoms with Gasteiger partial charge in [0.2, 0.25) is 5.91 Å². The van der Waals surface area contributed by atoms with Crippen LogP contribution >= 0.6 is 0 Å². The molecule has 1 aliphatic rings. The maximum Gasteiger partial charge on any atom is 0.224 e. The lowest BCUT2D eigenvalue weighted by Crippen LogP contribution is -2.46. The molecule has 0 bridgehead atoms. The number of amides is 1.